The van der Waals surface area contributed by atoms with Gasteiger partial charge >= 0.3 is 0 Å². The topological polar surface area (TPSA) is 12.5 Å². The Kier molecular flexibility index (Phi) is 1.66. The fourth-order valence-corrected chi connectivity index (χ4v) is 3.20. The first-order valence-electron chi connectivity index (χ1n) is 5.28. The van der Waals surface area contributed by atoms with E-state index in [1.807, 2.05) is 0 Å². The summed E-state index contributed by atoms with van der Waals surface area (Å²) in [6.07, 6.45) is 4.51. The Morgan fingerprint density at radius 1 is 1.00 bits per heavy atom. The molecule has 2 aliphatic carbocycles. The van der Waals surface area contributed by atoms with E-state index in [-0.39, 0.29) is 0 Å². The van der Waals surface area contributed by atoms with Gasteiger partial charge in [-0.1, -0.05) is 6.42 Å². The van der Waals surface area contributed by atoms with Gasteiger partial charge in [0.15, 0.2) is 0 Å². The highest BCUT2D eigenvalue weighted by Crippen LogP contribution is 2.54. The van der Waals surface area contributed by atoms with Crippen molar-refractivity contribution >= 4 is 0 Å². The summed E-state index contributed by atoms with van der Waals surface area (Å²) < 4.78 is 5.36. The molecule has 12 heavy (non-hydrogen) atoms. The lowest BCUT2D eigenvalue weighted by atomic mass is 10.2. The lowest BCUT2D eigenvalue weighted by molar-refractivity contribution is 0.0283. The van der Waals surface area contributed by atoms with Crippen molar-refractivity contribution < 1.29 is 4.74 Å². The van der Waals surface area contributed by atoms with Crippen molar-refractivity contribution in [1.82, 2.24) is 4.90 Å². The summed E-state index contributed by atoms with van der Waals surface area (Å²) in [6.45, 7) is 4.32. The molecule has 3 aliphatic rings. The molecular formula is C10H17NO. The Morgan fingerprint density at radius 3 is 2.33 bits per heavy atom. The molecule has 0 aromatic carbocycles. The quantitative estimate of drug-likeness (QED) is 0.580. The molecule has 1 saturated heterocycles. The van der Waals surface area contributed by atoms with Crippen LogP contribution in [0.3, 0.4) is 0 Å². The third-order valence-corrected chi connectivity index (χ3v) is 3.83. The van der Waals surface area contributed by atoms with Crippen LogP contribution < -0.4 is 0 Å². The molecule has 3 rings (SSSR count). The van der Waals surface area contributed by atoms with Gasteiger partial charge in [-0.3, -0.25) is 4.90 Å². The Balaban J connectivity index is 1.60. The molecule has 1 aliphatic heterocycles. The maximum absolute atomic E-state index is 5.36. The molecule has 0 amide bonds. The van der Waals surface area contributed by atoms with E-state index in [0.29, 0.717) is 0 Å². The second-order valence-electron chi connectivity index (χ2n) is 4.40. The number of fused-ring (bicyclic) bond motifs is 1. The minimum atomic E-state index is 0.968. The molecule has 68 valence electrons. The Morgan fingerprint density at radius 2 is 1.67 bits per heavy atom. The molecular weight excluding hydrogens is 150 g/mol. The van der Waals surface area contributed by atoms with E-state index in [1.54, 1.807) is 0 Å². The minimum absolute atomic E-state index is 0.968. The minimum Gasteiger partial charge on any atom is -0.379 e. The van der Waals surface area contributed by atoms with Crippen molar-refractivity contribution in [2.24, 2.45) is 11.8 Å². The Labute approximate surface area is 73.9 Å². The highest BCUT2D eigenvalue weighted by atomic mass is 16.5. The van der Waals surface area contributed by atoms with E-state index >= 15 is 0 Å². The van der Waals surface area contributed by atoms with Crippen molar-refractivity contribution in [3.8, 4) is 0 Å². The fraction of sp³-hybridized carbons (Fsp3) is 1.00. The van der Waals surface area contributed by atoms with Crippen LogP contribution >= 0.6 is 0 Å². The zero-order valence-corrected chi connectivity index (χ0v) is 7.54. The van der Waals surface area contributed by atoms with Gasteiger partial charge in [-0.15, -0.1) is 0 Å². The SMILES string of the molecule is C1CC2C(C1)C2N1CCOCC1. The monoisotopic (exact) mass is 167 g/mol. The van der Waals surface area contributed by atoms with Gasteiger partial charge in [0, 0.05) is 19.1 Å². The number of morpholine rings is 1. The van der Waals surface area contributed by atoms with E-state index in [2.05, 4.69) is 4.90 Å². The molecule has 2 saturated carbocycles. The molecule has 2 unspecified atom stereocenters. The van der Waals surface area contributed by atoms with Crippen LogP contribution in [0.1, 0.15) is 19.3 Å². The van der Waals surface area contributed by atoms with Crippen LogP contribution in [0.25, 0.3) is 0 Å². The van der Waals surface area contributed by atoms with Crippen LogP contribution in [0, 0.1) is 11.8 Å². The van der Waals surface area contributed by atoms with Gasteiger partial charge in [0.05, 0.1) is 13.2 Å². The summed E-state index contributed by atoms with van der Waals surface area (Å²) in [4.78, 5) is 2.66. The maximum atomic E-state index is 5.36. The fourth-order valence-electron chi connectivity index (χ4n) is 3.20. The highest BCUT2D eigenvalue weighted by Gasteiger charge is 2.55. The third kappa shape index (κ3) is 1.01. The molecule has 0 spiro atoms. The van der Waals surface area contributed by atoms with Crippen LogP contribution in [0.15, 0.2) is 0 Å². The first kappa shape index (κ1) is 7.34. The largest absolute Gasteiger partial charge is 0.379 e. The summed E-state index contributed by atoms with van der Waals surface area (Å²) in [7, 11) is 0. The van der Waals surface area contributed by atoms with Crippen molar-refractivity contribution in [2.45, 2.75) is 25.3 Å². The first-order chi connectivity index (χ1) is 5.97. The van der Waals surface area contributed by atoms with Gasteiger partial charge in [0.25, 0.3) is 0 Å². The van der Waals surface area contributed by atoms with Gasteiger partial charge in [0.1, 0.15) is 0 Å². The average Bonchev–Trinajstić information content (AvgIpc) is 2.62. The van der Waals surface area contributed by atoms with Gasteiger partial charge in [-0.25, -0.2) is 0 Å². The van der Waals surface area contributed by atoms with Gasteiger partial charge in [-0.05, 0) is 24.7 Å². The molecule has 2 nitrogen and oxygen atoms in total. The predicted molar refractivity (Wildman–Crippen MR) is 47.0 cm³/mol. The molecule has 2 atom stereocenters. The second kappa shape index (κ2) is 2.71. The second-order valence-corrected chi connectivity index (χ2v) is 4.40. The molecule has 0 aromatic rings. The summed E-state index contributed by atoms with van der Waals surface area (Å²) in [5.74, 6) is 2.17. The molecule has 0 N–H and O–H groups in total. The van der Waals surface area contributed by atoms with Crippen molar-refractivity contribution in [3.05, 3.63) is 0 Å². The number of nitrogens with zero attached hydrogens (tertiary/aromatic N) is 1. The number of hydrogen-bond donors (Lipinski definition) is 0. The average molecular weight is 167 g/mol. The lowest BCUT2D eigenvalue weighted by Crippen LogP contribution is -2.39. The zero-order valence-electron chi connectivity index (χ0n) is 7.54. The molecule has 0 radical (unpaired) electrons. The van der Waals surface area contributed by atoms with Crippen LogP contribution in [0.4, 0.5) is 0 Å². The normalized spacial score (nSPS) is 47.5. The van der Waals surface area contributed by atoms with Crippen LogP contribution in [-0.4, -0.2) is 37.2 Å². The molecule has 0 aromatic heterocycles. The lowest BCUT2D eigenvalue weighted by Gasteiger charge is -2.28. The molecule has 2 heteroatoms. The highest BCUT2D eigenvalue weighted by molar-refractivity contribution is 5.07. The van der Waals surface area contributed by atoms with E-state index in [1.165, 1.54) is 32.4 Å². The first-order valence-corrected chi connectivity index (χ1v) is 5.28. The smallest absolute Gasteiger partial charge is 0.0594 e. The Bertz CT molecular complexity index is 167. The molecule has 0 bridgehead atoms. The summed E-state index contributed by atoms with van der Waals surface area (Å²) in [5.41, 5.74) is 0. The molecule has 1 heterocycles. The summed E-state index contributed by atoms with van der Waals surface area (Å²) in [6, 6.07) is 0.975. The van der Waals surface area contributed by atoms with Gasteiger partial charge in [0.2, 0.25) is 0 Å². The van der Waals surface area contributed by atoms with E-state index in [9.17, 15) is 0 Å². The third-order valence-electron chi connectivity index (χ3n) is 3.83. The predicted octanol–water partition coefficient (Wildman–Crippen LogP) is 1.12. The van der Waals surface area contributed by atoms with Crippen LogP contribution in [-0.2, 0) is 4.74 Å². The van der Waals surface area contributed by atoms with Crippen LogP contribution in [0.2, 0.25) is 0 Å². The van der Waals surface area contributed by atoms with Crippen LogP contribution in [0.5, 0.6) is 0 Å². The summed E-state index contributed by atoms with van der Waals surface area (Å²) >= 11 is 0. The summed E-state index contributed by atoms with van der Waals surface area (Å²) in [5, 5.41) is 0. The maximum Gasteiger partial charge on any atom is 0.0594 e. The zero-order chi connectivity index (χ0) is 7.97. The number of ether oxygens (including phenoxy) is 1. The standard InChI is InChI=1S/C10H17NO/c1-2-8-9(3-1)10(8)11-4-6-12-7-5-11/h8-10H,1-7H2. The van der Waals surface area contributed by atoms with E-state index < -0.39 is 0 Å². The molecule has 3 fully saturated rings. The van der Waals surface area contributed by atoms with E-state index in [0.717, 1.165) is 31.1 Å². The number of rotatable bonds is 1. The Hall–Kier alpha value is -0.0800. The van der Waals surface area contributed by atoms with Crippen molar-refractivity contribution in [2.75, 3.05) is 26.3 Å². The van der Waals surface area contributed by atoms with Gasteiger partial charge < -0.3 is 4.74 Å². The van der Waals surface area contributed by atoms with Gasteiger partial charge in [-0.2, -0.15) is 0 Å². The van der Waals surface area contributed by atoms with E-state index in [4.69, 9.17) is 4.74 Å². The van der Waals surface area contributed by atoms with Crippen molar-refractivity contribution in [1.29, 1.82) is 0 Å². The van der Waals surface area contributed by atoms with Crippen molar-refractivity contribution in [3.63, 3.8) is 0 Å². The number of hydrogen-bond acceptors (Lipinski definition) is 2.